The Morgan fingerprint density at radius 3 is 2.38 bits per heavy atom. The second kappa shape index (κ2) is 7.21. The van der Waals surface area contributed by atoms with Gasteiger partial charge in [0, 0.05) is 77.3 Å². The van der Waals surface area contributed by atoms with Crippen LogP contribution in [0.2, 0.25) is 0 Å². The van der Waals surface area contributed by atoms with Gasteiger partial charge in [-0.15, -0.1) is 0 Å². The maximum Gasteiger partial charge on any atom is 0.220 e. The number of nitrogens with zero attached hydrogens (tertiary/aromatic N) is 3. The van der Waals surface area contributed by atoms with Crippen LogP contribution >= 0.6 is 0 Å². The Morgan fingerprint density at radius 2 is 1.62 bits per heavy atom. The first-order valence-corrected chi connectivity index (χ1v) is 9.26. The van der Waals surface area contributed by atoms with Crippen LogP contribution in [-0.4, -0.2) is 79.0 Å². The first kappa shape index (κ1) is 16.1. The number of carbonyl (C=O) groups is 1. The van der Waals surface area contributed by atoms with Gasteiger partial charge in [0.2, 0.25) is 5.91 Å². The van der Waals surface area contributed by atoms with Crippen molar-refractivity contribution in [2.45, 2.75) is 19.0 Å². The molecule has 3 aliphatic rings. The predicted molar refractivity (Wildman–Crippen MR) is 94.6 cm³/mol. The number of hydrogen-bond donors (Lipinski definition) is 1. The van der Waals surface area contributed by atoms with Gasteiger partial charge in [0.15, 0.2) is 0 Å². The van der Waals surface area contributed by atoms with Crippen LogP contribution in [0.5, 0.6) is 0 Å². The molecule has 3 saturated heterocycles. The van der Waals surface area contributed by atoms with E-state index in [4.69, 9.17) is 0 Å². The molecular weight excluding hydrogens is 300 g/mol. The molecule has 0 bridgehead atoms. The third kappa shape index (κ3) is 3.79. The molecule has 0 aromatic heterocycles. The van der Waals surface area contributed by atoms with Crippen molar-refractivity contribution in [1.29, 1.82) is 0 Å². The molecule has 3 fully saturated rings. The van der Waals surface area contributed by atoms with Gasteiger partial charge in [-0.3, -0.25) is 19.5 Å². The fourth-order valence-electron chi connectivity index (χ4n) is 4.31. The second-order valence-electron chi connectivity index (χ2n) is 7.50. The Labute approximate surface area is 144 Å². The number of hydrogen-bond acceptors (Lipinski definition) is 4. The molecule has 4 rings (SSSR count). The summed E-state index contributed by atoms with van der Waals surface area (Å²) < 4.78 is 0. The van der Waals surface area contributed by atoms with Gasteiger partial charge in [0.25, 0.3) is 0 Å². The van der Waals surface area contributed by atoms with Crippen molar-refractivity contribution in [2.24, 2.45) is 5.92 Å². The molecule has 24 heavy (non-hydrogen) atoms. The molecule has 0 unspecified atom stereocenters. The van der Waals surface area contributed by atoms with Gasteiger partial charge in [0.05, 0.1) is 0 Å². The van der Waals surface area contributed by atoms with Crippen LogP contribution in [0.15, 0.2) is 30.3 Å². The zero-order valence-corrected chi connectivity index (χ0v) is 14.4. The number of carbonyl (C=O) groups excluding carboxylic acids is 1. The van der Waals surface area contributed by atoms with Crippen molar-refractivity contribution in [1.82, 2.24) is 20.0 Å². The molecule has 0 radical (unpaired) electrons. The number of benzene rings is 1. The van der Waals surface area contributed by atoms with Gasteiger partial charge in [-0.2, -0.15) is 0 Å². The first-order chi connectivity index (χ1) is 11.8. The third-order valence-electron chi connectivity index (χ3n) is 5.76. The molecule has 2 atom stereocenters. The Morgan fingerprint density at radius 1 is 0.917 bits per heavy atom. The Hall–Kier alpha value is -1.43. The van der Waals surface area contributed by atoms with E-state index in [-0.39, 0.29) is 5.91 Å². The molecule has 5 nitrogen and oxygen atoms in total. The molecule has 0 spiro atoms. The van der Waals surface area contributed by atoms with Crippen molar-refractivity contribution in [3.63, 3.8) is 0 Å². The molecule has 3 aliphatic heterocycles. The van der Waals surface area contributed by atoms with E-state index in [2.05, 4.69) is 50.3 Å². The minimum Gasteiger partial charge on any atom is -0.352 e. The minimum absolute atomic E-state index is 0.249. The minimum atomic E-state index is 0.249. The van der Waals surface area contributed by atoms with Crippen molar-refractivity contribution in [3.8, 4) is 0 Å². The van der Waals surface area contributed by atoms with Gasteiger partial charge >= 0.3 is 0 Å². The molecule has 1 aromatic rings. The zero-order chi connectivity index (χ0) is 16.4. The number of rotatable bonds is 5. The fraction of sp³-hybridized carbons (Fsp3) is 0.632. The number of nitrogens with one attached hydrogen (secondary N) is 1. The van der Waals surface area contributed by atoms with Gasteiger partial charge in [-0.25, -0.2) is 0 Å². The average molecular weight is 328 g/mol. The summed E-state index contributed by atoms with van der Waals surface area (Å²) in [6.45, 7) is 10.2. The molecule has 1 aromatic carbocycles. The number of likely N-dealkylation sites (tertiary alicyclic amines) is 1. The SMILES string of the molecule is O=C1C[C@H]2CN(CCN3CCN(Cc4ccccc4)CC3)C[C@H]2N1. The predicted octanol–water partition coefficient (Wildman–Crippen LogP) is 0.625. The Balaban J connectivity index is 1.16. The van der Waals surface area contributed by atoms with Crippen molar-refractivity contribution in [3.05, 3.63) is 35.9 Å². The average Bonchev–Trinajstić information content (AvgIpc) is 3.12. The van der Waals surface area contributed by atoms with E-state index in [0.29, 0.717) is 12.0 Å². The highest BCUT2D eigenvalue weighted by atomic mass is 16.2. The maximum atomic E-state index is 11.4. The van der Waals surface area contributed by atoms with Crippen LogP contribution in [0.4, 0.5) is 0 Å². The molecular formula is C19H28N4O. The second-order valence-corrected chi connectivity index (χ2v) is 7.50. The number of amides is 1. The lowest BCUT2D eigenvalue weighted by Gasteiger charge is -2.35. The molecule has 0 saturated carbocycles. The van der Waals surface area contributed by atoms with E-state index in [1.54, 1.807) is 0 Å². The van der Waals surface area contributed by atoms with Crippen molar-refractivity contribution < 1.29 is 4.79 Å². The van der Waals surface area contributed by atoms with E-state index in [1.807, 2.05) is 0 Å². The van der Waals surface area contributed by atoms with Gasteiger partial charge in [0.1, 0.15) is 0 Å². The molecule has 1 N–H and O–H groups in total. The third-order valence-corrected chi connectivity index (χ3v) is 5.76. The highest BCUT2D eigenvalue weighted by Crippen LogP contribution is 2.25. The summed E-state index contributed by atoms with van der Waals surface area (Å²) in [6, 6.07) is 11.2. The summed E-state index contributed by atoms with van der Waals surface area (Å²) in [5, 5.41) is 3.11. The van der Waals surface area contributed by atoms with E-state index in [9.17, 15) is 4.79 Å². The summed E-state index contributed by atoms with van der Waals surface area (Å²) >= 11 is 0. The number of fused-ring (bicyclic) bond motifs is 1. The van der Waals surface area contributed by atoms with E-state index in [0.717, 1.165) is 52.2 Å². The largest absolute Gasteiger partial charge is 0.352 e. The van der Waals surface area contributed by atoms with Crippen LogP contribution in [0, 0.1) is 5.92 Å². The van der Waals surface area contributed by atoms with Crippen LogP contribution in [0.25, 0.3) is 0 Å². The standard InChI is InChI=1S/C19H28N4O/c24-19-12-17-14-23(15-18(17)20-19)11-8-21-6-9-22(10-7-21)13-16-4-2-1-3-5-16/h1-5,17-18H,6-15H2,(H,20,24)/t17-,18+/m0/s1. The topological polar surface area (TPSA) is 38.8 Å². The van der Waals surface area contributed by atoms with Gasteiger partial charge < -0.3 is 5.32 Å². The smallest absolute Gasteiger partial charge is 0.220 e. The summed E-state index contributed by atoms with van der Waals surface area (Å²) in [4.78, 5) is 19.1. The molecule has 130 valence electrons. The quantitative estimate of drug-likeness (QED) is 0.860. The van der Waals surface area contributed by atoms with Crippen LogP contribution < -0.4 is 5.32 Å². The molecule has 0 aliphatic carbocycles. The number of piperazine rings is 1. The van der Waals surface area contributed by atoms with Gasteiger partial charge in [-0.05, 0) is 5.56 Å². The van der Waals surface area contributed by atoms with E-state index >= 15 is 0 Å². The lowest BCUT2D eigenvalue weighted by atomic mass is 10.1. The van der Waals surface area contributed by atoms with Crippen molar-refractivity contribution in [2.75, 3.05) is 52.4 Å². The molecule has 1 amide bonds. The molecule has 5 heteroatoms. The summed E-state index contributed by atoms with van der Waals surface area (Å²) in [6.07, 6.45) is 0.735. The zero-order valence-electron chi connectivity index (χ0n) is 14.4. The van der Waals surface area contributed by atoms with Crippen molar-refractivity contribution >= 4 is 5.91 Å². The Kier molecular flexibility index (Phi) is 4.83. The fourth-order valence-corrected chi connectivity index (χ4v) is 4.31. The lowest BCUT2D eigenvalue weighted by molar-refractivity contribution is -0.119. The summed E-state index contributed by atoms with van der Waals surface area (Å²) in [5.74, 6) is 0.805. The lowest BCUT2D eigenvalue weighted by Crippen LogP contribution is -2.48. The summed E-state index contributed by atoms with van der Waals surface area (Å²) in [5.41, 5.74) is 1.41. The van der Waals surface area contributed by atoms with Crippen LogP contribution in [0.3, 0.4) is 0 Å². The first-order valence-electron chi connectivity index (χ1n) is 9.26. The monoisotopic (exact) mass is 328 g/mol. The highest BCUT2D eigenvalue weighted by Gasteiger charge is 2.39. The molecule has 3 heterocycles. The normalized spacial score (nSPS) is 28.9. The Bertz CT molecular complexity index is 540. The van der Waals surface area contributed by atoms with E-state index < -0.39 is 0 Å². The van der Waals surface area contributed by atoms with Crippen LogP contribution in [0.1, 0.15) is 12.0 Å². The van der Waals surface area contributed by atoms with Gasteiger partial charge in [-0.1, -0.05) is 30.3 Å². The highest BCUT2D eigenvalue weighted by molar-refractivity contribution is 5.79. The van der Waals surface area contributed by atoms with Crippen LogP contribution in [-0.2, 0) is 11.3 Å². The summed E-state index contributed by atoms with van der Waals surface area (Å²) in [7, 11) is 0. The maximum absolute atomic E-state index is 11.4. The van der Waals surface area contributed by atoms with E-state index in [1.165, 1.54) is 18.7 Å².